The molecule has 0 heterocycles. The van der Waals surface area contributed by atoms with Gasteiger partial charge in [0, 0.05) is 10.9 Å². The normalized spacial score (nSPS) is 12.2. The summed E-state index contributed by atoms with van der Waals surface area (Å²) in [5.74, 6) is 1.20. The summed E-state index contributed by atoms with van der Waals surface area (Å²) >= 11 is 6.25. The quantitative estimate of drug-likeness (QED) is 0.862. The van der Waals surface area contributed by atoms with E-state index in [1.54, 1.807) is 0 Å². The third kappa shape index (κ3) is 3.99. The first-order chi connectivity index (χ1) is 10.2. The minimum Gasteiger partial charge on any atom is -0.494 e. The predicted molar refractivity (Wildman–Crippen MR) is 89.3 cm³/mol. The molecule has 2 N–H and O–H groups in total. The molecule has 0 aliphatic heterocycles. The fourth-order valence-corrected chi connectivity index (χ4v) is 2.72. The number of benzene rings is 2. The van der Waals surface area contributed by atoms with E-state index in [-0.39, 0.29) is 5.92 Å². The Morgan fingerprint density at radius 1 is 1.19 bits per heavy atom. The summed E-state index contributed by atoms with van der Waals surface area (Å²) in [7, 11) is 0. The topological polar surface area (TPSA) is 35.2 Å². The van der Waals surface area contributed by atoms with E-state index in [4.69, 9.17) is 22.1 Å². The van der Waals surface area contributed by atoms with Crippen LogP contribution in [-0.2, 0) is 6.42 Å². The Morgan fingerprint density at radius 3 is 2.57 bits per heavy atom. The predicted octanol–water partition coefficient (Wildman–Crippen LogP) is 4.33. The molecular formula is C18H22ClNO. The number of aryl methyl sites for hydroxylation is 1. The third-order valence-electron chi connectivity index (χ3n) is 3.68. The minimum atomic E-state index is 0.263. The molecule has 2 aromatic carbocycles. The molecule has 1 atom stereocenters. The fraction of sp³-hybridized carbons (Fsp3) is 0.333. The zero-order valence-corrected chi connectivity index (χ0v) is 13.4. The summed E-state index contributed by atoms with van der Waals surface area (Å²) in [4.78, 5) is 0. The molecule has 0 fully saturated rings. The number of ether oxygens (including phenoxy) is 1. The monoisotopic (exact) mass is 303 g/mol. The van der Waals surface area contributed by atoms with Crippen LogP contribution in [0.1, 0.15) is 29.5 Å². The zero-order chi connectivity index (χ0) is 15.2. The minimum absolute atomic E-state index is 0.263. The maximum atomic E-state index is 6.25. The van der Waals surface area contributed by atoms with Gasteiger partial charge in [-0.15, -0.1) is 0 Å². The molecule has 0 spiro atoms. The highest BCUT2D eigenvalue weighted by molar-refractivity contribution is 6.31. The van der Waals surface area contributed by atoms with Gasteiger partial charge < -0.3 is 10.5 Å². The van der Waals surface area contributed by atoms with Crippen molar-refractivity contribution < 1.29 is 4.74 Å². The average Bonchev–Trinajstić information content (AvgIpc) is 2.49. The molecule has 1 unspecified atom stereocenters. The Morgan fingerprint density at radius 2 is 1.95 bits per heavy atom. The Labute approximate surface area is 131 Å². The maximum Gasteiger partial charge on any atom is 0.122 e. The van der Waals surface area contributed by atoms with Crippen molar-refractivity contribution in [1.82, 2.24) is 0 Å². The van der Waals surface area contributed by atoms with Crippen molar-refractivity contribution in [3.63, 3.8) is 0 Å². The lowest BCUT2D eigenvalue weighted by Gasteiger charge is -2.18. The molecule has 2 rings (SSSR count). The van der Waals surface area contributed by atoms with Crippen LogP contribution in [0.5, 0.6) is 5.75 Å². The average molecular weight is 304 g/mol. The summed E-state index contributed by atoms with van der Waals surface area (Å²) in [6.45, 7) is 5.34. The fourth-order valence-electron chi connectivity index (χ4n) is 2.51. The molecule has 112 valence electrons. The van der Waals surface area contributed by atoms with E-state index < -0.39 is 0 Å². The highest BCUT2D eigenvalue weighted by Crippen LogP contribution is 2.28. The smallest absolute Gasteiger partial charge is 0.122 e. The van der Waals surface area contributed by atoms with Crippen molar-refractivity contribution in [3.05, 3.63) is 64.2 Å². The standard InChI is InChI=1S/C18H22ClNO/c1-3-21-18-9-8-14(10-13(18)2)16(12-20)11-15-6-4-5-7-17(15)19/h4-10,16H,3,11-12,20H2,1-2H3. The first-order valence-corrected chi connectivity index (χ1v) is 7.70. The van der Waals surface area contributed by atoms with Gasteiger partial charge in [0.2, 0.25) is 0 Å². The van der Waals surface area contributed by atoms with Gasteiger partial charge in [-0.05, 0) is 55.6 Å². The van der Waals surface area contributed by atoms with E-state index >= 15 is 0 Å². The Hall–Kier alpha value is -1.51. The molecule has 0 aliphatic rings. The second-order valence-electron chi connectivity index (χ2n) is 5.19. The van der Waals surface area contributed by atoms with Crippen LogP contribution in [0.25, 0.3) is 0 Å². The molecule has 0 bridgehead atoms. The number of rotatable bonds is 6. The molecule has 2 aromatic rings. The van der Waals surface area contributed by atoms with Crippen molar-refractivity contribution in [2.75, 3.05) is 13.2 Å². The SMILES string of the molecule is CCOc1ccc(C(CN)Cc2ccccc2Cl)cc1C. The van der Waals surface area contributed by atoms with E-state index in [1.165, 1.54) is 5.56 Å². The molecule has 21 heavy (non-hydrogen) atoms. The van der Waals surface area contributed by atoms with Crippen LogP contribution in [0.4, 0.5) is 0 Å². The van der Waals surface area contributed by atoms with Gasteiger partial charge in [-0.3, -0.25) is 0 Å². The Balaban J connectivity index is 2.21. The van der Waals surface area contributed by atoms with Gasteiger partial charge in [-0.2, -0.15) is 0 Å². The van der Waals surface area contributed by atoms with Crippen LogP contribution in [0, 0.1) is 6.92 Å². The lowest BCUT2D eigenvalue weighted by Crippen LogP contribution is -2.15. The Kier molecular flexibility index (Phi) is 5.66. The first kappa shape index (κ1) is 15.9. The number of hydrogen-bond acceptors (Lipinski definition) is 2. The van der Waals surface area contributed by atoms with Crippen molar-refractivity contribution >= 4 is 11.6 Å². The van der Waals surface area contributed by atoms with Crippen molar-refractivity contribution in [3.8, 4) is 5.75 Å². The second kappa shape index (κ2) is 7.48. The van der Waals surface area contributed by atoms with Crippen LogP contribution in [-0.4, -0.2) is 13.2 Å². The number of nitrogens with two attached hydrogens (primary N) is 1. The molecule has 0 aromatic heterocycles. The first-order valence-electron chi connectivity index (χ1n) is 7.32. The summed E-state index contributed by atoms with van der Waals surface area (Å²) in [5.41, 5.74) is 9.50. The largest absolute Gasteiger partial charge is 0.494 e. The van der Waals surface area contributed by atoms with Gasteiger partial charge in [0.1, 0.15) is 5.75 Å². The van der Waals surface area contributed by atoms with Crippen LogP contribution in [0.3, 0.4) is 0 Å². The number of hydrogen-bond donors (Lipinski definition) is 1. The maximum absolute atomic E-state index is 6.25. The van der Waals surface area contributed by atoms with Gasteiger partial charge in [0.05, 0.1) is 6.61 Å². The van der Waals surface area contributed by atoms with E-state index in [0.717, 1.165) is 28.3 Å². The summed E-state index contributed by atoms with van der Waals surface area (Å²) in [5, 5.41) is 0.804. The summed E-state index contributed by atoms with van der Waals surface area (Å²) in [6, 6.07) is 14.2. The van der Waals surface area contributed by atoms with Gasteiger partial charge in [0.25, 0.3) is 0 Å². The van der Waals surface area contributed by atoms with Crippen LogP contribution in [0.15, 0.2) is 42.5 Å². The molecule has 3 heteroatoms. The second-order valence-corrected chi connectivity index (χ2v) is 5.59. The summed E-state index contributed by atoms with van der Waals surface area (Å²) < 4.78 is 5.59. The van der Waals surface area contributed by atoms with Crippen LogP contribution < -0.4 is 10.5 Å². The lowest BCUT2D eigenvalue weighted by molar-refractivity contribution is 0.337. The molecule has 2 nitrogen and oxygen atoms in total. The molecule has 0 radical (unpaired) electrons. The molecule has 0 saturated heterocycles. The van der Waals surface area contributed by atoms with Gasteiger partial charge in [-0.25, -0.2) is 0 Å². The summed E-state index contributed by atoms with van der Waals surface area (Å²) in [6.07, 6.45) is 0.851. The van der Waals surface area contributed by atoms with E-state index in [1.807, 2.05) is 31.2 Å². The lowest BCUT2D eigenvalue weighted by atomic mass is 9.91. The molecule has 0 amide bonds. The Bertz CT molecular complexity index is 598. The van der Waals surface area contributed by atoms with Gasteiger partial charge in [0.15, 0.2) is 0 Å². The third-order valence-corrected chi connectivity index (χ3v) is 4.05. The molecule has 0 saturated carbocycles. The van der Waals surface area contributed by atoms with Crippen molar-refractivity contribution in [2.24, 2.45) is 5.73 Å². The van der Waals surface area contributed by atoms with E-state index in [0.29, 0.717) is 13.2 Å². The molecule has 0 aliphatic carbocycles. The van der Waals surface area contributed by atoms with E-state index in [2.05, 4.69) is 25.1 Å². The van der Waals surface area contributed by atoms with Crippen molar-refractivity contribution in [1.29, 1.82) is 0 Å². The van der Waals surface area contributed by atoms with Gasteiger partial charge >= 0.3 is 0 Å². The number of halogens is 1. The van der Waals surface area contributed by atoms with Crippen LogP contribution >= 0.6 is 11.6 Å². The van der Waals surface area contributed by atoms with Crippen LogP contribution in [0.2, 0.25) is 5.02 Å². The van der Waals surface area contributed by atoms with Crippen molar-refractivity contribution in [2.45, 2.75) is 26.2 Å². The zero-order valence-electron chi connectivity index (χ0n) is 12.6. The van der Waals surface area contributed by atoms with E-state index in [9.17, 15) is 0 Å². The highest BCUT2D eigenvalue weighted by atomic mass is 35.5. The molecular weight excluding hydrogens is 282 g/mol. The highest BCUT2D eigenvalue weighted by Gasteiger charge is 2.14. The van der Waals surface area contributed by atoms with Gasteiger partial charge in [-0.1, -0.05) is 41.9 Å².